The van der Waals surface area contributed by atoms with E-state index in [0.29, 0.717) is 46.8 Å². The van der Waals surface area contributed by atoms with Crippen LogP contribution in [0.1, 0.15) is 28.8 Å². The molecule has 8 nitrogen and oxygen atoms in total. The van der Waals surface area contributed by atoms with Gasteiger partial charge in [0.25, 0.3) is 0 Å². The maximum Gasteiger partial charge on any atom is 0.228 e. The van der Waals surface area contributed by atoms with Gasteiger partial charge in [-0.15, -0.1) is 0 Å². The lowest BCUT2D eigenvalue weighted by molar-refractivity contribution is -0.0223. The number of carbonyl (C=O) groups excluding carboxylic acids is 1. The van der Waals surface area contributed by atoms with Crippen molar-refractivity contribution in [2.75, 3.05) is 18.5 Å². The lowest BCUT2D eigenvalue weighted by Crippen LogP contribution is -2.36. The number of benzene rings is 2. The fraction of sp³-hybridized carbons (Fsp3) is 0.222. The van der Waals surface area contributed by atoms with Crippen LogP contribution in [0.3, 0.4) is 0 Å². The molecule has 37 heavy (non-hydrogen) atoms. The van der Waals surface area contributed by atoms with Crippen LogP contribution in [0.15, 0.2) is 54.9 Å². The zero-order valence-electron chi connectivity index (χ0n) is 19.5. The van der Waals surface area contributed by atoms with E-state index >= 15 is 0 Å². The topological polar surface area (TPSA) is 101 Å². The Morgan fingerprint density at radius 3 is 2.81 bits per heavy atom. The van der Waals surface area contributed by atoms with E-state index in [1.165, 1.54) is 30.5 Å². The average molecular weight is 521 g/mol. The number of aliphatic hydroxyl groups is 1. The van der Waals surface area contributed by atoms with E-state index in [2.05, 4.69) is 20.1 Å². The van der Waals surface area contributed by atoms with Crippen LogP contribution in [0.2, 0.25) is 5.02 Å². The first-order valence-corrected chi connectivity index (χ1v) is 12.0. The van der Waals surface area contributed by atoms with Gasteiger partial charge in [-0.3, -0.25) is 4.79 Å². The summed E-state index contributed by atoms with van der Waals surface area (Å²) < 4.78 is 24.8. The number of aliphatic hydroxyl groups excluding tert-OH is 1. The normalized spacial score (nSPS) is 17.4. The van der Waals surface area contributed by atoms with Gasteiger partial charge in [-0.05, 0) is 37.1 Å². The Hall–Kier alpha value is -3.97. The first kappa shape index (κ1) is 24.7. The number of H-pyrrole nitrogens is 1. The van der Waals surface area contributed by atoms with Crippen LogP contribution in [0, 0.1) is 12.4 Å². The number of aromatic nitrogens is 2. The number of fused-ring (bicyclic) bond motifs is 1. The maximum atomic E-state index is 13.6. The zero-order valence-corrected chi connectivity index (χ0v) is 20.3. The van der Waals surface area contributed by atoms with Gasteiger partial charge in [-0.1, -0.05) is 17.7 Å². The lowest BCUT2D eigenvalue weighted by Gasteiger charge is -2.29. The van der Waals surface area contributed by atoms with Crippen molar-refractivity contribution in [3.63, 3.8) is 0 Å². The molecule has 0 aliphatic carbocycles. The number of halogens is 2. The Balaban J connectivity index is 1.46. The molecule has 188 valence electrons. The molecule has 2 atom stereocenters. The van der Waals surface area contributed by atoms with E-state index < -0.39 is 5.82 Å². The molecule has 5 rings (SSSR count). The molecule has 3 heterocycles. The van der Waals surface area contributed by atoms with Gasteiger partial charge in [0, 0.05) is 41.5 Å². The van der Waals surface area contributed by atoms with Crippen LogP contribution in [0.25, 0.3) is 15.9 Å². The summed E-state index contributed by atoms with van der Waals surface area (Å²) in [4.78, 5) is 24.5. The van der Waals surface area contributed by atoms with Crippen LogP contribution in [0.5, 0.6) is 11.5 Å². The van der Waals surface area contributed by atoms with Crippen molar-refractivity contribution in [2.24, 2.45) is 0 Å². The Bertz CT molecular complexity index is 1510. The highest BCUT2D eigenvalue weighted by Crippen LogP contribution is 2.37. The van der Waals surface area contributed by atoms with Crippen molar-refractivity contribution in [3.8, 4) is 11.5 Å². The number of ether oxygens (including phenoxy) is 2. The largest absolute Gasteiger partial charge is 0.457 e. The number of rotatable bonds is 7. The lowest BCUT2D eigenvalue weighted by atomic mass is 10.0. The third kappa shape index (κ3) is 5.13. The second kappa shape index (κ2) is 10.6. The highest BCUT2D eigenvalue weighted by atomic mass is 35.5. The highest BCUT2D eigenvalue weighted by Gasteiger charge is 2.26. The molecule has 1 aliphatic heterocycles. The van der Waals surface area contributed by atoms with E-state index in [0.717, 1.165) is 6.42 Å². The molecule has 0 amide bonds. The minimum absolute atomic E-state index is 0.0389. The van der Waals surface area contributed by atoms with Gasteiger partial charge in [-0.25, -0.2) is 14.2 Å². The van der Waals surface area contributed by atoms with Crippen LogP contribution >= 0.6 is 11.6 Å². The van der Waals surface area contributed by atoms with Gasteiger partial charge in [0.05, 0.1) is 42.2 Å². The van der Waals surface area contributed by atoms with Crippen molar-refractivity contribution < 1.29 is 23.8 Å². The van der Waals surface area contributed by atoms with E-state index in [1.807, 2.05) is 0 Å². The fourth-order valence-corrected chi connectivity index (χ4v) is 4.57. The second-order valence-corrected chi connectivity index (χ2v) is 9.05. The van der Waals surface area contributed by atoms with E-state index in [4.69, 9.17) is 27.6 Å². The third-order valence-electron chi connectivity index (χ3n) is 6.19. The van der Waals surface area contributed by atoms with E-state index in [-0.39, 0.29) is 40.8 Å². The Labute approximate surface area is 216 Å². The number of nitrogens with one attached hydrogen (secondary N) is 2. The van der Waals surface area contributed by atoms with E-state index in [1.54, 1.807) is 24.4 Å². The van der Waals surface area contributed by atoms with Gasteiger partial charge in [0.15, 0.2) is 5.78 Å². The summed E-state index contributed by atoms with van der Waals surface area (Å²) in [7, 11) is 0. The summed E-state index contributed by atoms with van der Waals surface area (Å²) in [5.74, 6) is -0.138. The number of nitrogens with zero attached hydrogens (tertiary/aromatic N) is 2. The molecule has 0 saturated carbocycles. The van der Waals surface area contributed by atoms with E-state index in [9.17, 15) is 14.3 Å². The predicted molar refractivity (Wildman–Crippen MR) is 137 cm³/mol. The van der Waals surface area contributed by atoms with Gasteiger partial charge < -0.3 is 24.9 Å². The standard InChI is InChI=1S/C27H22ClFN4O4/c1-30-23-12-32-27-24(25(23)33-16-5-6-19(13-34)36-14-16)21(11-31-27)26(35)20-8-7-18(10-22(20)28)37-17-4-2-3-15(29)9-17/h2-4,7-12,16,19,34H,5-6,13-14H2,(H2,31,32,33)/t16-,19+/m1/s1. The van der Waals surface area contributed by atoms with Crippen molar-refractivity contribution >= 4 is 39.8 Å². The quantitative estimate of drug-likeness (QED) is 0.208. The first-order chi connectivity index (χ1) is 18.0. The molecule has 1 fully saturated rings. The smallest absolute Gasteiger partial charge is 0.228 e. The minimum atomic E-state index is -0.431. The van der Waals surface area contributed by atoms with Gasteiger partial charge in [-0.2, -0.15) is 0 Å². The molecular formula is C27H22ClFN4O4. The fourth-order valence-electron chi connectivity index (χ4n) is 4.32. The molecule has 0 unspecified atom stereocenters. The van der Waals surface area contributed by atoms with Crippen molar-refractivity contribution in [1.29, 1.82) is 0 Å². The molecule has 1 aliphatic rings. The molecular weight excluding hydrogens is 499 g/mol. The van der Waals surface area contributed by atoms with Crippen molar-refractivity contribution in [1.82, 2.24) is 9.97 Å². The number of anilines is 1. The Morgan fingerprint density at radius 1 is 1.27 bits per heavy atom. The summed E-state index contributed by atoms with van der Waals surface area (Å²) in [6, 6.07) is 10.2. The Kier molecular flexibility index (Phi) is 7.06. The van der Waals surface area contributed by atoms with Gasteiger partial charge in [0.2, 0.25) is 5.69 Å². The van der Waals surface area contributed by atoms with Crippen LogP contribution in [-0.4, -0.2) is 46.2 Å². The molecule has 10 heteroatoms. The summed E-state index contributed by atoms with van der Waals surface area (Å²) in [5.41, 5.74) is 1.75. The van der Waals surface area contributed by atoms with Crippen LogP contribution in [-0.2, 0) is 4.74 Å². The third-order valence-corrected chi connectivity index (χ3v) is 6.50. The minimum Gasteiger partial charge on any atom is -0.457 e. The van der Waals surface area contributed by atoms with Crippen molar-refractivity contribution in [3.05, 3.63) is 88.2 Å². The summed E-state index contributed by atoms with van der Waals surface area (Å²) >= 11 is 6.47. The number of carbonyl (C=O) groups is 1. The van der Waals surface area contributed by atoms with Crippen LogP contribution < -0.4 is 10.1 Å². The zero-order chi connectivity index (χ0) is 25.9. The predicted octanol–water partition coefficient (Wildman–Crippen LogP) is 5.88. The van der Waals surface area contributed by atoms with Gasteiger partial charge >= 0.3 is 0 Å². The number of hydrogen-bond acceptors (Lipinski definition) is 6. The molecule has 2 aromatic heterocycles. The summed E-state index contributed by atoms with van der Waals surface area (Å²) in [5, 5.41) is 13.3. The molecule has 4 aromatic rings. The summed E-state index contributed by atoms with van der Waals surface area (Å²) in [6.07, 6.45) is 4.21. The molecule has 3 N–H and O–H groups in total. The maximum absolute atomic E-state index is 13.6. The second-order valence-electron chi connectivity index (χ2n) is 8.64. The number of hydrogen-bond donors (Lipinski definition) is 3. The van der Waals surface area contributed by atoms with Crippen molar-refractivity contribution in [2.45, 2.75) is 25.0 Å². The molecule has 1 saturated heterocycles. The van der Waals surface area contributed by atoms with Crippen LogP contribution in [0.4, 0.5) is 15.8 Å². The number of pyridine rings is 1. The average Bonchev–Trinajstić information content (AvgIpc) is 3.34. The Morgan fingerprint density at radius 2 is 2.11 bits per heavy atom. The summed E-state index contributed by atoms with van der Waals surface area (Å²) in [6.45, 7) is 7.95. The molecule has 0 bridgehead atoms. The van der Waals surface area contributed by atoms with Gasteiger partial charge in [0.1, 0.15) is 23.0 Å². The first-order valence-electron chi connectivity index (χ1n) is 11.6. The number of aromatic amines is 1. The number of ketones is 1. The molecule has 2 aromatic carbocycles. The SMILES string of the molecule is [C-]#[N+]c1cnc2[nH]cc(C(=O)c3ccc(Oc4cccc(F)c4)cc3Cl)c2c1N[C@@H]1CC[C@@H](CO)OC1. The molecule has 0 spiro atoms. The highest BCUT2D eigenvalue weighted by molar-refractivity contribution is 6.36. The monoisotopic (exact) mass is 520 g/mol. The molecule has 0 radical (unpaired) electrons.